The van der Waals surface area contributed by atoms with Crippen LogP contribution in [-0.4, -0.2) is 27.4 Å². The zero-order valence-electron chi connectivity index (χ0n) is 78.7. The highest BCUT2D eigenvalue weighted by molar-refractivity contribution is 6.21. The van der Waals surface area contributed by atoms with Gasteiger partial charge in [-0.3, -0.25) is 0 Å². The lowest BCUT2D eigenvalue weighted by Crippen LogP contribution is -2.25. The topological polar surface area (TPSA) is 29.6 Å². The van der Waals surface area contributed by atoms with Crippen LogP contribution in [0.1, 0.15) is 76.9 Å². The maximum atomic E-state index is 2.48. The van der Waals surface area contributed by atoms with E-state index in [1.165, 1.54) is 243 Å². The fourth-order valence-electron chi connectivity index (χ4n) is 26.2. The molecule has 6 aromatic heterocycles. The summed E-state index contributed by atoms with van der Waals surface area (Å²) in [5, 5.41) is 11.4. The van der Waals surface area contributed by atoms with Crippen LogP contribution < -0.4 is 0 Å². The summed E-state index contributed by atoms with van der Waals surface area (Å²) in [4.78, 5) is 0. The Morgan fingerprint density at radius 1 is 0.160 bits per heavy atom. The van der Waals surface area contributed by atoms with E-state index in [1.807, 2.05) is 0 Å². The van der Waals surface area contributed by atoms with E-state index in [4.69, 9.17) is 0 Å². The number of nitrogens with zero attached hydrogens (tertiary/aromatic N) is 6. The van der Waals surface area contributed by atoms with E-state index >= 15 is 0 Å². The second-order valence-corrected chi connectivity index (χ2v) is 39.6. The fourth-order valence-corrected chi connectivity index (χ4v) is 26.2. The van der Waals surface area contributed by atoms with Gasteiger partial charge in [-0.05, 0) is 279 Å². The van der Waals surface area contributed by atoms with Crippen molar-refractivity contribution in [3.05, 3.63) is 566 Å². The SMILES string of the molecule is C.CC1(C)c2ccccc2-c2ccc(-n3c4ccccc4c4cc5ccn(-c6ccccc6)c5cc43)cc21.c1ccc(-n2ccc3c2ccc2c4ccccc4n(-c4ccc(-c5ccc6c(c5)C5(c7ccccc7-c7ccccc75)c5ccccc5-6)cc4)c23)cc1.c1ccc(-n2ccc3c2ccc2c4ccccc4n(-c4cccc(-c5ccc6c(c5)C5(c7ccccc7-c7ccccc75)c5ccccc5-6)c4)c23)cc1. The molecule has 5 aliphatic carbocycles. The van der Waals surface area contributed by atoms with Gasteiger partial charge in [0.2, 0.25) is 0 Å². The van der Waals surface area contributed by atoms with Gasteiger partial charge in [0.15, 0.2) is 0 Å². The van der Waals surface area contributed by atoms with E-state index in [0.717, 1.165) is 22.7 Å². The third-order valence-corrected chi connectivity index (χ3v) is 32.3. The van der Waals surface area contributed by atoms with E-state index in [9.17, 15) is 0 Å². The maximum Gasteiger partial charge on any atom is 0.0725 e. The molecule has 0 saturated carbocycles. The van der Waals surface area contributed by atoms with Crippen molar-refractivity contribution in [1.29, 1.82) is 0 Å². The van der Waals surface area contributed by atoms with Crippen molar-refractivity contribution >= 4 is 98.1 Å². The number of fused-ring (bicyclic) bond motifs is 37. The predicted octanol–water partition coefficient (Wildman–Crippen LogP) is 35.1. The van der Waals surface area contributed by atoms with Gasteiger partial charge in [0.25, 0.3) is 0 Å². The van der Waals surface area contributed by atoms with E-state index < -0.39 is 0 Å². The molecule has 0 fully saturated rings. The van der Waals surface area contributed by atoms with Crippen LogP contribution in [0.4, 0.5) is 0 Å². The Morgan fingerprint density at radius 2 is 0.486 bits per heavy atom. The van der Waals surface area contributed by atoms with Crippen molar-refractivity contribution in [2.45, 2.75) is 37.5 Å². The molecule has 0 bridgehead atoms. The van der Waals surface area contributed by atoms with Crippen molar-refractivity contribution in [2.24, 2.45) is 0 Å². The summed E-state index contributed by atoms with van der Waals surface area (Å²) in [6, 6.07) is 182. The summed E-state index contributed by atoms with van der Waals surface area (Å²) in [7, 11) is 0. The Morgan fingerprint density at radius 3 is 0.951 bits per heavy atom. The van der Waals surface area contributed by atoms with Crippen molar-refractivity contribution in [3.8, 4) is 112 Å². The third kappa shape index (κ3) is 11.6. The van der Waals surface area contributed by atoms with Crippen molar-refractivity contribution in [1.82, 2.24) is 27.4 Å². The van der Waals surface area contributed by atoms with E-state index in [0.29, 0.717) is 0 Å². The van der Waals surface area contributed by atoms with Crippen LogP contribution in [0.5, 0.6) is 0 Å². The van der Waals surface area contributed by atoms with Gasteiger partial charge in [-0.1, -0.05) is 367 Å². The first kappa shape index (κ1) is 82.7. The largest absolute Gasteiger partial charge is 0.316 e. The number of benzene rings is 21. The molecular weight excluding hydrogens is 1740 g/mol. The molecule has 6 heterocycles. The van der Waals surface area contributed by atoms with E-state index in [-0.39, 0.29) is 23.7 Å². The quantitative estimate of drug-likeness (QED) is 0.145. The first-order valence-corrected chi connectivity index (χ1v) is 49.8. The molecule has 0 saturated heterocycles. The van der Waals surface area contributed by atoms with Crippen LogP contribution in [0.15, 0.2) is 510 Å². The zero-order chi connectivity index (χ0) is 94.1. The standard InChI is InChI=1S/2C51H32N2.C35H26N2.CH4/c1-2-14-35(15-3-1)52-30-29-43-48(52)28-27-42-41-20-7-11-24-49(41)53(50(42)43)36-16-12-13-33(31-36)34-25-26-40-39-19-6-10-23-46(39)51(47(40)32-34)44-21-8-4-17-37(44)38-18-5-9-22-45(38)51;1-2-12-35(13-3-1)52-31-30-43-48(52)29-28-42-41-17-7-11-21-49(41)53(50(42)43)36-25-22-33(23-26-36)34-24-27-40-39-16-6-10-20-46(39)51(47(40)32-34)44-18-8-4-14-37(44)38-15-5-9-19-45(38)51;1-35(2)30-14-8-6-12-26(30)27-17-16-25(21-31(27)35)37-32-15-9-7-13-28(32)29-20-23-18-19-36(33(23)22-34(29)37)24-10-4-3-5-11-24;/h2*1-32H;3-22H,1-2H3;1H4. The summed E-state index contributed by atoms with van der Waals surface area (Å²) in [6.45, 7) is 4.70. The Balaban J connectivity index is 0.000000104. The van der Waals surface area contributed by atoms with Crippen molar-refractivity contribution in [3.63, 3.8) is 0 Å². The molecule has 144 heavy (non-hydrogen) atoms. The number of para-hydroxylation sites is 6. The molecule has 2 spiro atoms. The third-order valence-electron chi connectivity index (χ3n) is 32.3. The molecule has 676 valence electrons. The number of aromatic nitrogens is 6. The lowest BCUT2D eigenvalue weighted by Gasteiger charge is -2.30. The summed E-state index contributed by atoms with van der Waals surface area (Å²) in [5.74, 6) is 0. The number of rotatable bonds is 8. The fraction of sp³-hybridized carbons (Fsp3) is 0.0435. The first-order valence-electron chi connectivity index (χ1n) is 49.8. The summed E-state index contributed by atoms with van der Waals surface area (Å²) >= 11 is 0. The molecule has 21 aromatic carbocycles. The highest BCUT2D eigenvalue weighted by Crippen LogP contribution is 2.66. The second kappa shape index (κ2) is 31.6. The Bertz CT molecular complexity index is 9890. The minimum Gasteiger partial charge on any atom is -0.316 e. The average Bonchev–Trinajstić information content (AvgIpc) is 1.51. The Hall–Kier alpha value is -18.4. The van der Waals surface area contributed by atoms with Crippen LogP contribution in [0.3, 0.4) is 0 Å². The number of hydrogen-bond donors (Lipinski definition) is 0. The number of hydrogen-bond acceptors (Lipinski definition) is 0. The molecule has 0 amide bonds. The normalized spacial score (nSPS) is 13.5. The van der Waals surface area contributed by atoms with Crippen molar-refractivity contribution in [2.75, 3.05) is 0 Å². The van der Waals surface area contributed by atoms with Crippen LogP contribution in [0.2, 0.25) is 0 Å². The van der Waals surface area contributed by atoms with Crippen LogP contribution in [-0.2, 0) is 16.2 Å². The Labute approximate surface area is 834 Å². The van der Waals surface area contributed by atoms with Gasteiger partial charge in [-0.15, -0.1) is 0 Å². The molecule has 6 nitrogen and oxygen atoms in total. The minimum absolute atomic E-state index is 0. The molecule has 32 rings (SSSR count). The maximum absolute atomic E-state index is 2.48. The highest BCUT2D eigenvalue weighted by atomic mass is 15.0. The molecule has 0 atom stereocenters. The van der Waals surface area contributed by atoms with Crippen LogP contribution in [0.25, 0.3) is 210 Å². The molecule has 5 aliphatic rings. The van der Waals surface area contributed by atoms with E-state index in [2.05, 4.69) is 551 Å². The van der Waals surface area contributed by atoms with Gasteiger partial charge >= 0.3 is 0 Å². The summed E-state index contributed by atoms with van der Waals surface area (Å²) in [6.07, 6.45) is 6.58. The minimum atomic E-state index is -0.364. The first-order chi connectivity index (χ1) is 70.7. The smallest absolute Gasteiger partial charge is 0.0725 e. The molecule has 0 N–H and O–H groups in total. The van der Waals surface area contributed by atoms with Crippen LogP contribution >= 0.6 is 0 Å². The molecule has 0 unspecified atom stereocenters. The predicted molar refractivity (Wildman–Crippen MR) is 601 cm³/mol. The van der Waals surface area contributed by atoms with Gasteiger partial charge < -0.3 is 27.4 Å². The van der Waals surface area contributed by atoms with Gasteiger partial charge in [0.05, 0.1) is 60.5 Å². The zero-order valence-corrected chi connectivity index (χ0v) is 78.7. The highest BCUT2D eigenvalue weighted by Gasteiger charge is 2.54. The summed E-state index contributed by atoms with van der Waals surface area (Å²) < 4.78 is 14.3. The lowest BCUT2D eigenvalue weighted by molar-refractivity contribution is 0.660. The Kier molecular flexibility index (Phi) is 18.1. The monoisotopic (exact) mass is 1830 g/mol. The van der Waals surface area contributed by atoms with Gasteiger partial charge in [0.1, 0.15) is 0 Å². The second-order valence-electron chi connectivity index (χ2n) is 39.6. The summed E-state index contributed by atoms with van der Waals surface area (Å²) in [5.41, 5.74) is 49.2. The van der Waals surface area contributed by atoms with Gasteiger partial charge in [0, 0.05) is 107 Å². The van der Waals surface area contributed by atoms with E-state index in [1.54, 1.807) is 0 Å². The molecular formula is C138H94N6. The molecule has 0 radical (unpaired) electrons. The van der Waals surface area contributed by atoms with Crippen molar-refractivity contribution < 1.29 is 0 Å². The van der Waals surface area contributed by atoms with Gasteiger partial charge in [-0.2, -0.15) is 0 Å². The molecule has 27 aromatic rings. The van der Waals surface area contributed by atoms with Gasteiger partial charge in [-0.25, -0.2) is 0 Å². The van der Waals surface area contributed by atoms with Crippen LogP contribution in [0, 0.1) is 0 Å². The molecule has 6 heteroatoms. The molecule has 0 aliphatic heterocycles. The average molecular weight is 1840 g/mol. The lowest BCUT2D eigenvalue weighted by atomic mass is 9.70.